The zero-order valence-corrected chi connectivity index (χ0v) is 15.3. The van der Waals surface area contributed by atoms with Crippen LogP contribution in [0.15, 0.2) is 46.7 Å². The van der Waals surface area contributed by atoms with Crippen LogP contribution in [0.3, 0.4) is 0 Å². The van der Waals surface area contributed by atoms with Crippen LogP contribution in [0, 0.1) is 0 Å². The second-order valence-corrected chi connectivity index (χ2v) is 8.34. The number of amides is 1. The third-order valence-electron chi connectivity index (χ3n) is 3.86. The van der Waals surface area contributed by atoms with Gasteiger partial charge in [0, 0.05) is 11.9 Å². The Morgan fingerprint density at radius 2 is 1.88 bits per heavy atom. The molecule has 1 atom stereocenters. The summed E-state index contributed by atoms with van der Waals surface area (Å²) in [6.07, 6.45) is 0. The predicted molar refractivity (Wildman–Crippen MR) is 94.3 cm³/mol. The van der Waals surface area contributed by atoms with Crippen molar-refractivity contribution in [2.45, 2.75) is 17.2 Å². The third-order valence-corrected chi connectivity index (χ3v) is 6.34. The monoisotopic (exact) mass is 382 g/mol. The molecule has 0 saturated carbocycles. The summed E-state index contributed by atoms with van der Waals surface area (Å²) in [5, 5.41) is 13.5. The molecule has 1 aromatic carbocycles. The molecule has 1 unspecified atom stereocenters. The van der Waals surface area contributed by atoms with Crippen molar-refractivity contribution in [3.8, 4) is 0 Å². The van der Waals surface area contributed by atoms with Crippen molar-refractivity contribution < 1.29 is 23.1 Å². The number of sulfonamides is 1. The standard InChI is InChI=1S/C16H18N2O5S2/c1-16(15(20)21,11-6-4-3-5-7-11)10-18-14(19)13-8-12(9-24-13)25(22,23)17-2/h3-9,17H,10H2,1-2H3,(H,18,19)(H,20,21). The largest absolute Gasteiger partial charge is 0.481 e. The highest BCUT2D eigenvalue weighted by Crippen LogP contribution is 2.24. The highest BCUT2D eigenvalue weighted by Gasteiger charge is 2.35. The predicted octanol–water partition coefficient (Wildman–Crippen LogP) is 1.43. The first kappa shape index (κ1) is 19.1. The molecule has 1 heterocycles. The van der Waals surface area contributed by atoms with E-state index >= 15 is 0 Å². The molecule has 0 saturated heterocycles. The summed E-state index contributed by atoms with van der Waals surface area (Å²) < 4.78 is 25.6. The van der Waals surface area contributed by atoms with Gasteiger partial charge in [-0.3, -0.25) is 9.59 Å². The van der Waals surface area contributed by atoms with Crippen molar-refractivity contribution in [2.75, 3.05) is 13.6 Å². The van der Waals surface area contributed by atoms with Crippen molar-refractivity contribution in [3.63, 3.8) is 0 Å². The van der Waals surface area contributed by atoms with Gasteiger partial charge in [0.1, 0.15) is 5.41 Å². The molecule has 1 amide bonds. The number of aliphatic carboxylic acids is 1. The van der Waals surface area contributed by atoms with Gasteiger partial charge in [-0.1, -0.05) is 30.3 Å². The Morgan fingerprint density at radius 1 is 1.24 bits per heavy atom. The molecule has 0 aliphatic heterocycles. The van der Waals surface area contributed by atoms with Gasteiger partial charge in [0.2, 0.25) is 10.0 Å². The first-order chi connectivity index (χ1) is 11.7. The number of nitrogens with one attached hydrogen (secondary N) is 2. The zero-order valence-electron chi connectivity index (χ0n) is 13.6. The minimum absolute atomic E-state index is 0.00537. The highest BCUT2D eigenvalue weighted by atomic mass is 32.2. The number of carboxylic acid groups (broad SMARTS) is 1. The summed E-state index contributed by atoms with van der Waals surface area (Å²) in [5.74, 6) is -1.59. The van der Waals surface area contributed by atoms with E-state index in [1.165, 1.54) is 25.4 Å². The number of carbonyl (C=O) groups excluding carboxylic acids is 1. The molecule has 0 spiro atoms. The lowest BCUT2D eigenvalue weighted by Gasteiger charge is -2.25. The van der Waals surface area contributed by atoms with E-state index in [1.807, 2.05) is 0 Å². The van der Waals surface area contributed by atoms with Crippen LogP contribution in [0.4, 0.5) is 0 Å². The Morgan fingerprint density at radius 3 is 2.44 bits per heavy atom. The second-order valence-electron chi connectivity index (χ2n) is 5.54. The SMILES string of the molecule is CNS(=O)(=O)c1csc(C(=O)NCC(C)(C(=O)O)c2ccccc2)c1. The van der Waals surface area contributed by atoms with E-state index in [4.69, 9.17) is 0 Å². The molecule has 0 fully saturated rings. The maximum atomic E-state index is 12.3. The number of thiophene rings is 1. The van der Waals surface area contributed by atoms with Gasteiger partial charge in [0.25, 0.3) is 5.91 Å². The van der Waals surface area contributed by atoms with Gasteiger partial charge < -0.3 is 10.4 Å². The maximum Gasteiger partial charge on any atom is 0.315 e. The zero-order chi connectivity index (χ0) is 18.7. The van der Waals surface area contributed by atoms with Gasteiger partial charge in [-0.25, -0.2) is 13.1 Å². The van der Waals surface area contributed by atoms with Crippen molar-refractivity contribution in [3.05, 3.63) is 52.2 Å². The fourth-order valence-electron chi connectivity index (χ4n) is 2.15. The molecular formula is C16H18N2O5S2. The number of hydrogen-bond donors (Lipinski definition) is 3. The molecule has 9 heteroatoms. The number of benzene rings is 1. The molecule has 0 aliphatic carbocycles. The minimum atomic E-state index is -3.62. The topological polar surface area (TPSA) is 113 Å². The highest BCUT2D eigenvalue weighted by molar-refractivity contribution is 7.89. The van der Waals surface area contributed by atoms with Crippen molar-refractivity contribution in [1.82, 2.24) is 10.0 Å². The lowest BCUT2D eigenvalue weighted by atomic mass is 9.82. The van der Waals surface area contributed by atoms with Gasteiger partial charge in [-0.05, 0) is 25.6 Å². The van der Waals surface area contributed by atoms with Crippen LogP contribution < -0.4 is 10.0 Å². The molecular weight excluding hydrogens is 364 g/mol. The quantitative estimate of drug-likeness (QED) is 0.670. The van der Waals surface area contributed by atoms with Crippen molar-refractivity contribution >= 4 is 33.2 Å². The van der Waals surface area contributed by atoms with E-state index in [2.05, 4.69) is 10.0 Å². The van der Waals surface area contributed by atoms with Gasteiger partial charge in [-0.15, -0.1) is 11.3 Å². The Kier molecular flexibility index (Phi) is 5.61. The second kappa shape index (κ2) is 7.34. The molecule has 7 nitrogen and oxygen atoms in total. The third kappa shape index (κ3) is 4.06. The summed E-state index contributed by atoms with van der Waals surface area (Å²) in [5.41, 5.74) is -0.735. The average Bonchev–Trinajstić information content (AvgIpc) is 3.11. The van der Waals surface area contributed by atoms with Crippen molar-refractivity contribution in [1.29, 1.82) is 0 Å². The average molecular weight is 382 g/mol. The van der Waals surface area contributed by atoms with Crippen LogP contribution in [-0.2, 0) is 20.2 Å². The lowest BCUT2D eigenvalue weighted by molar-refractivity contribution is -0.142. The smallest absolute Gasteiger partial charge is 0.315 e. The van der Waals surface area contributed by atoms with E-state index < -0.39 is 27.3 Å². The number of carbonyl (C=O) groups is 2. The molecule has 25 heavy (non-hydrogen) atoms. The molecule has 2 rings (SSSR count). The minimum Gasteiger partial charge on any atom is -0.481 e. The number of hydrogen-bond acceptors (Lipinski definition) is 5. The first-order valence-corrected chi connectivity index (χ1v) is 9.66. The molecule has 134 valence electrons. The summed E-state index contributed by atoms with van der Waals surface area (Å²) >= 11 is 0.976. The summed E-state index contributed by atoms with van der Waals surface area (Å²) in [6, 6.07) is 9.86. The van der Waals surface area contributed by atoms with Gasteiger partial charge >= 0.3 is 5.97 Å². The maximum absolute atomic E-state index is 12.3. The molecule has 1 aromatic heterocycles. The van der Waals surface area contributed by atoms with Gasteiger partial charge in [-0.2, -0.15) is 0 Å². The Bertz CT molecular complexity index is 877. The van der Waals surface area contributed by atoms with Crippen LogP contribution in [-0.4, -0.2) is 39.0 Å². The number of carboxylic acids is 1. The Balaban J connectivity index is 2.17. The van der Waals surface area contributed by atoms with E-state index in [0.717, 1.165) is 11.3 Å². The molecule has 0 radical (unpaired) electrons. The molecule has 0 bridgehead atoms. The molecule has 3 N–H and O–H groups in total. The first-order valence-electron chi connectivity index (χ1n) is 7.30. The lowest BCUT2D eigenvalue weighted by Crippen LogP contribution is -2.44. The summed E-state index contributed by atoms with van der Waals surface area (Å²) in [6.45, 7) is 1.40. The van der Waals surface area contributed by atoms with Crippen LogP contribution >= 0.6 is 11.3 Å². The van der Waals surface area contributed by atoms with Crippen LogP contribution in [0.2, 0.25) is 0 Å². The van der Waals surface area contributed by atoms with Gasteiger partial charge in [0.05, 0.1) is 9.77 Å². The fourth-order valence-corrected chi connectivity index (χ4v) is 4.07. The van der Waals surface area contributed by atoms with E-state index in [-0.39, 0.29) is 16.3 Å². The van der Waals surface area contributed by atoms with E-state index in [1.54, 1.807) is 30.3 Å². The van der Waals surface area contributed by atoms with Crippen LogP contribution in [0.1, 0.15) is 22.2 Å². The normalized spacial score (nSPS) is 13.8. The number of rotatable bonds is 7. The van der Waals surface area contributed by atoms with Gasteiger partial charge in [0.15, 0.2) is 0 Å². The Hall–Kier alpha value is -2.23. The van der Waals surface area contributed by atoms with Crippen LogP contribution in [0.5, 0.6) is 0 Å². The molecule has 2 aromatic rings. The summed E-state index contributed by atoms with van der Waals surface area (Å²) in [7, 11) is -2.34. The summed E-state index contributed by atoms with van der Waals surface area (Å²) in [4.78, 5) is 24.2. The van der Waals surface area contributed by atoms with Crippen molar-refractivity contribution in [2.24, 2.45) is 0 Å². The van der Waals surface area contributed by atoms with E-state index in [0.29, 0.717) is 5.56 Å². The van der Waals surface area contributed by atoms with Crippen LogP contribution in [0.25, 0.3) is 0 Å². The Labute approximate surface area is 149 Å². The molecule has 0 aliphatic rings. The fraction of sp³-hybridized carbons (Fsp3) is 0.250. The van der Waals surface area contributed by atoms with E-state index in [9.17, 15) is 23.1 Å².